The first kappa shape index (κ1) is 8.11. The summed E-state index contributed by atoms with van der Waals surface area (Å²) in [6.07, 6.45) is 2.85. The van der Waals surface area contributed by atoms with Crippen LogP contribution >= 0.6 is 0 Å². The van der Waals surface area contributed by atoms with Gasteiger partial charge in [-0.15, -0.1) is 0 Å². The van der Waals surface area contributed by atoms with Gasteiger partial charge in [-0.25, -0.2) is 5.01 Å². The minimum absolute atomic E-state index is 0.0740. The number of hydrogen-bond donors (Lipinski definition) is 1. The van der Waals surface area contributed by atoms with Crippen molar-refractivity contribution in [2.45, 2.75) is 33.2 Å². The van der Waals surface area contributed by atoms with Crippen LogP contribution in [-0.2, 0) is 4.79 Å². The normalized spacial score (nSPS) is 23.0. The third kappa shape index (κ3) is 1.37. The number of carbonyl (C=O) groups is 1. The van der Waals surface area contributed by atoms with Crippen molar-refractivity contribution >= 4 is 5.91 Å². The Hall–Kier alpha value is -0.990. The molecule has 0 aromatic rings. The first-order valence-electron chi connectivity index (χ1n) is 3.89. The average molecular weight is 154 g/mol. The van der Waals surface area contributed by atoms with E-state index < -0.39 is 0 Å². The number of nitrogens with one attached hydrogen (secondary N) is 1. The van der Waals surface area contributed by atoms with Gasteiger partial charge in [0.25, 0.3) is 0 Å². The van der Waals surface area contributed by atoms with E-state index in [1.165, 1.54) is 5.57 Å². The van der Waals surface area contributed by atoms with Crippen LogP contribution in [0.15, 0.2) is 11.8 Å². The highest BCUT2D eigenvalue weighted by atomic mass is 16.2. The van der Waals surface area contributed by atoms with Gasteiger partial charge in [0.15, 0.2) is 0 Å². The lowest BCUT2D eigenvalue weighted by atomic mass is 10.1. The molecule has 62 valence electrons. The molecule has 1 heterocycles. The van der Waals surface area contributed by atoms with Crippen molar-refractivity contribution in [3.63, 3.8) is 0 Å². The molecule has 0 saturated heterocycles. The fourth-order valence-corrected chi connectivity index (χ4v) is 1.38. The van der Waals surface area contributed by atoms with Crippen LogP contribution in [0.25, 0.3) is 0 Å². The molecule has 1 amide bonds. The second-order valence-corrected chi connectivity index (χ2v) is 2.83. The highest BCUT2D eigenvalue weighted by molar-refractivity contribution is 5.74. The Kier molecular flexibility index (Phi) is 2.17. The Bertz CT molecular complexity index is 198. The predicted molar refractivity (Wildman–Crippen MR) is 43.5 cm³/mol. The van der Waals surface area contributed by atoms with E-state index in [4.69, 9.17) is 0 Å². The molecule has 0 aliphatic carbocycles. The molecular weight excluding hydrogens is 140 g/mol. The quantitative estimate of drug-likeness (QED) is 0.612. The number of hydrogen-bond acceptors (Lipinski definition) is 2. The summed E-state index contributed by atoms with van der Waals surface area (Å²) in [5, 5.41) is 1.66. The van der Waals surface area contributed by atoms with Gasteiger partial charge in [-0.1, -0.05) is 6.92 Å². The minimum Gasteiger partial charge on any atom is -0.303 e. The first-order chi connectivity index (χ1) is 5.16. The molecule has 0 radical (unpaired) electrons. The van der Waals surface area contributed by atoms with Crippen molar-refractivity contribution in [3.8, 4) is 0 Å². The molecule has 0 saturated carbocycles. The maximum Gasteiger partial charge on any atom is 0.238 e. The molecule has 3 nitrogen and oxygen atoms in total. The van der Waals surface area contributed by atoms with E-state index in [2.05, 4.69) is 12.3 Å². The molecule has 1 rings (SSSR count). The third-order valence-electron chi connectivity index (χ3n) is 1.99. The number of carbonyl (C=O) groups excluding carboxylic acids is 1. The zero-order valence-corrected chi connectivity index (χ0v) is 7.22. The summed E-state index contributed by atoms with van der Waals surface area (Å²) in [5.74, 6) is 0.0740. The SMILES string of the molecule is CCC1C(C)=CNN1C(C)=O. The molecule has 0 spiro atoms. The van der Waals surface area contributed by atoms with E-state index >= 15 is 0 Å². The van der Waals surface area contributed by atoms with Gasteiger partial charge in [-0.3, -0.25) is 4.79 Å². The van der Waals surface area contributed by atoms with Gasteiger partial charge in [0.1, 0.15) is 0 Å². The van der Waals surface area contributed by atoms with Crippen LogP contribution in [0.1, 0.15) is 27.2 Å². The summed E-state index contributed by atoms with van der Waals surface area (Å²) in [5.41, 5.74) is 4.15. The molecule has 1 unspecified atom stereocenters. The molecule has 11 heavy (non-hydrogen) atoms. The summed E-state index contributed by atoms with van der Waals surface area (Å²) in [6, 6.07) is 0.257. The molecule has 3 heteroatoms. The van der Waals surface area contributed by atoms with E-state index in [0.29, 0.717) is 0 Å². The molecule has 0 bridgehead atoms. The number of rotatable bonds is 1. The van der Waals surface area contributed by atoms with Gasteiger partial charge in [0, 0.05) is 13.1 Å². The van der Waals surface area contributed by atoms with Gasteiger partial charge < -0.3 is 5.43 Å². The van der Waals surface area contributed by atoms with Gasteiger partial charge in [0.05, 0.1) is 6.04 Å². The standard InChI is InChI=1S/C8H14N2O/c1-4-8-6(2)5-9-10(8)7(3)11/h5,8-9H,4H2,1-3H3. The van der Waals surface area contributed by atoms with Crippen LogP contribution in [-0.4, -0.2) is 17.0 Å². The van der Waals surface area contributed by atoms with Crippen LogP contribution in [0.2, 0.25) is 0 Å². The number of hydrazine groups is 1. The van der Waals surface area contributed by atoms with Gasteiger partial charge >= 0.3 is 0 Å². The molecule has 1 atom stereocenters. The molecule has 0 aromatic heterocycles. The molecule has 1 aliphatic heterocycles. The van der Waals surface area contributed by atoms with Crippen LogP contribution in [0.4, 0.5) is 0 Å². The molecule has 0 fully saturated rings. The smallest absolute Gasteiger partial charge is 0.238 e. The Balaban J connectivity index is 2.68. The first-order valence-corrected chi connectivity index (χ1v) is 3.89. The second kappa shape index (κ2) is 2.95. The summed E-state index contributed by atoms with van der Waals surface area (Å²) in [6.45, 7) is 5.68. The maximum atomic E-state index is 11.0. The van der Waals surface area contributed by atoms with E-state index in [9.17, 15) is 4.79 Å². The Morgan fingerprint density at radius 2 is 2.45 bits per heavy atom. The monoisotopic (exact) mass is 154 g/mol. The molecule has 1 aliphatic rings. The largest absolute Gasteiger partial charge is 0.303 e. The third-order valence-corrected chi connectivity index (χ3v) is 1.99. The zero-order chi connectivity index (χ0) is 8.43. The Morgan fingerprint density at radius 3 is 2.82 bits per heavy atom. The van der Waals surface area contributed by atoms with Gasteiger partial charge in [-0.2, -0.15) is 0 Å². The van der Waals surface area contributed by atoms with E-state index in [1.54, 1.807) is 11.9 Å². The van der Waals surface area contributed by atoms with Crippen molar-refractivity contribution < 1.29 is 4.79 Å². The summed E-state index contributed by atoms with van der Waals surface area (Å²) in [7, 11) is 0. The van der Waals surface area contributed by atoms with E-state index in [0.717, 1.165) is 6.42 Å². The van der Waals surface area contributed by atoms with Gasteiger partial charge in [0.2, 0.25) is 5.91 Å². The lowest BCUT2D eigenvalue weighted by Crippen LogP contribution is -2.41. The van der Waals surface area contributed by atoms with Crippen LogP contribution in [0.5, 0.6) is 0 Å². The fourth-order valence-electron chi connectivity index (χ4n) is 1.38. The number of amides is 1. The van der Waals surface area contributed by atoms with E-state index in [-0.39, 0.29) is 11.9 Å². The maximum absolute atomic E-state index is 11.0. The summed E-state index contributed by atoms with van der Waals surface area (Å²) >= 11 is 0. The Morgan fingerprint density at radius 1 is 1.82 bits per heavy atom. The predicted octanol–water partition coefficient (Wildman–Crippen LogP) is 1.04. The zero-order valence-electron chi connectivity index (χ0n) is 7.22. The highest BCUT2D eigenvalue weighted by Gasteiger charge is 2.24. The molecular formula is C8H14N2O. The van der Waals surface area contributed by atoms with Crippen molar-refractivity contribution in [3.05, 3.63) is 11.8 Å². The molecule has 0 aromatic carbocycles. The Labute approximate surface area is 67.0 Å². The fraction of sp³-hybridized carbons (Fsp3) is 0.625. The highest BCUT2D eigenvalue weighted by Crippen LogP contribution is 2.16. The average Bonchev–Trinajstić information content (AvgIpc) is 2.30. The van der Waals surface area contributed by atoms with Crippen molar-refractivity contribution in [2.24, 2.45) is 0 Å². The number of nitrogens with zero attached hydrogens (tertiary/aromatic N) is 1. The van der Waals surface area contributed by atoms with Gasteiger partial charge in [-0.05, 0) is 18.9 Å². The van der Waals surface area contributed by atoms with Crippen molar-refractivity contribution in [2.75, 3.05) is 0 Å². The van der Waals surface area contributed by atoms with Crippen molar-refractivity contribution in [1.82, 2.24) is 10.4 Å². The topological polar surface area (TPSA) is 32.3 Å². The van der Waals surface area contributed by atoms with Crippen LogP contribution in [0, 0.1) is 0 Å². The minimum atomic E-state index is 0.0740. The second-order valence-electron chi connectivity index (χ2n) is 2.83. The van der Waals surface area contributed by atoms with Crippen molar-refractivity contribution in [1.29, 1.82) is 0 Å². The summed E-state index contributed by atoms with van der Waals surface area (Å²) < 4.78 is 0. The lowest BCUT2D eigenvalue weighted by molar-refractivity contribution is -0.132. The molecule has 1 N–H and O–H groups in total. The van der Waals surface area contributed by atoms with E-state index in [1.807, 2.05) is 13.1 Å². The lowest BCUT2D eigenvalue weighted by Gasteiger charge is -2.23. The van der Waals surface area contributed by atoms with Crippen LogP contribution < -0.4 is 5.43 Å². The summed E-state index contributed by atoms with van der Waals surface area (Å²) in [4.78, 5) is 11.0. The van der Waals surface area contributed by atoms with Crippen LogP contribution in [0.3, 0.4) is 0 Å².